The maximum Gasteiger partial charge on any atom is 0.248 e. The Labute approximate surface area is 118 Å². The molecule has 0 saturated heterocycles. The summed E-state index contributed by atoms with van der Waals surface area (Å²) in [6.07, 6.45) is 0. The lowest BCUT2D eigenvalue weighted by molar-refractivity contribution is -0.117. The van der Waals surface area contributed by atoms with Gasteiger partial charge in [-0.1, -0.05) is 15.9 Å². The zero-order valence-electron chi connectivity index (χ0n) is 10.5. The average Bonchev–Trinajstić information content (AvgIpc) is 2.27. The minimum Gasteiger partial charge on any atom is -0.366 e. The normalized spacial score (nSPS) is 10.9. The summed E-state index contributed by atoms with van der Waals surface area (Å²) in [5.74, 6) is -1.75. The number of amides is 3. The molecule has 0 aromatic heterocycles. The van der Waals surface area contributed by atoms with Crippen LogP contribution >= 0.6 is 15.9 Å². The van der Waals surface area contributed by atoms with Crippen molar-refractivity contribution in [1.29, 1.82) is 0 Å². The van der Waals surface area contributed by atoms with Crippen molar-refractivity contribution < 1.29 is 14.4 Å². The van der Waals surface area contributed by atoms with Crippen molar-refractivity contribution in [1.82, 2.24) is 0 Å². The van der Waals surface area contributed by atoms with Crippen LogP contribution in [0.2, 0.25) is 0 Å². The van der Waals surface area contributed by atoms with E-state index in [9.17, 15) is 14.4 Å². The number of alkyl halides is 1. The van der Waals surface area contributed by atoms with Crippen LogP contribution < -0.4 is 16.8 Å². The first kappa shape index (κ1) is 15.2. The molecule has 0 unspecified atom stereocenters. The highest BCUT2D eigenvalue weighted by Crippen LogP contribution is 2.20. The quantitative estimate of drug-likeness (QED) is 0.716. The summed E-state index contributed by atoms with van der Waals surface area (Å²) in [6, 6.07) is 4.04. The molecule has 102 valence electrons. The molecule has 0 atom stereocenters. The van der Waals surface area contributed by atoms with Crippen LogP contribution in [0.4, 0.5) is 5.69 Å². The Balaban J connectivity index is 3.17. The van der Waals surface area contributed by atoms with E-state index in [1.165, 1.54) is 18.2 Å². The Kier molecular flexibility index (Phi) is 4.31. The maximum absolute atomic E-state index is 11.8. The van der Waals surface area contributed by atoms with Crippen molar-refractivity contribution in [3.63, 3.8) is 0 Å². The maximum atomic E-state index is 11.8. The molecule has 1 rings (SSSR count). The number of primary amides is 2. The van der Waals surface area contributed by atoms with Gasteiger partial charge in [0.1, 0.15) is 0 Å². The van der Waals surface area contributed by atoms with Gasteiger partial charge in [-0.2, -0.15) is 0 Å². The van der Waals surface area contributed by atoms with Gasteiger partial charge in [-0.3, -0.25) is 14.4 Å². The summed E-state index contributed by atoms with van der Waals surface area (Å²) in [6.45, 7) is 3.32. The Hall–Kier alpha value is -1.89. The standard InChI is InChI=1S/C12H14BrN3O3/c1-12(2,13)11(19)16-8-4-6(9(14)17)3-7(5-8)10(15)18/h3-5H,1-2H3,(H2,14,17)(H2,15,18)(H,16,19). The second-order valence-corrected chi connectivity index (χ2v) is 6.44. The third-order valence-electron chi connectivity index (χ3n) is 2.30. The SMILES string of the molecule is CC(C)(Br)C(=O)Nc1cc(C(N)=O)cc(C(N)=O)c1. The van der Waals surface area contributed by atoms with Crippen molar-refractivity contribution in [2.75, 3.05) is 5.32 Å². The summed E-state index contributed by atoms with van der Waals surface area (Å²) in [5.41, 5.74) is 10.8. The third kappa shape index (κ3) is 4.06. The van der Waals surface area contributed by atoms with E-state index < -0.39 is 16.1 Å². The van der Waals surface area contributed by atoms with Gasteiger partial charge in [0.05, 0.1) is 4.32 Å². The van der Waals surface area contributed by atoms with Crippen LogP contribution in [-0.4, -0.2) is 22.0 Å². The number of carbonyl (C=O) groups is 3. The van der Waals surface area contributed by atoms with Crippen LogP contribution in [0.25, 0.3) is 0 Å². The highest BCUT2D eigenvalue weighted by molar-refractivity contribution is 9.10. The number of nitrogens with two attached hydrogens (primary N) is 2. The minimum atomic E-state index is -0.789. The molecule has 0 fully saturated rings. The van der Waals surface area contributed by atoms with E-state index >= 15 is 0 Å². The fraction of sp³-hybridized carbons (Fsp3) is 0.250. The van der Waals surface area contributed by atoms with E-state index in [2.05, 4.69) is 21.2 Å². The molecular formula is C12H14BrN3O3. The molecular weight excluding hydrogens is 314 g/mol. The van der Waals surface area contributed by atoms with E-state index in [1.54, 1.807) is 13.8 Å². The van der Waals surface area contributed by atoms with E-state index in [4.69, 9.17) is 11.5 Å². The van der Waals surface area contributed by atoms with Crippen LogP contribution in [0.5, 0.6) is 0 Å². The summed E-state index contributed by atoms with van der Waals surface area (Å²) in [7, 11) is 0. The highest BCUT2D eigenvalue weighted by Gasteiger charge is 2.24. The molecule has 6 nitrogen and oxygen atoms in total. The van der Waals surface area contributed by atoms with Crippen LogP contribution in [0.1, 0.15) is 34.6 Å². The molecule has 5 N–H and O–H groups in total. The fourth-order valence-corrected chi connectivity index (χ4v) is 1.36. The Bertz CT molecular complexity index is 517. The second-order valence-electron chi connectivity index (χ2n) is 4.45. The number of benzene rings is 1. The molecule has 0 bridgehead atoms. The number of carbonyl (C=O) groups excluding carboxylic acids is 3. The first-order chi connectivity index (χ1) is 8.61. The smallest absolute Gasteiger partial charge is 0.248 e. The molecule has 0 aliphatic rings. The fourth-order valence-electron chi connectivity index (χ4n) is 1.26. The molecule has 19 heavy (non-hydrogen) atoms. The molecule has 7 heteroatoms. The van der Waals surface area contributed by atoms with Gasteiger partial charge in [-0.25, -0.2) is 0 Å². The zero-order valence-corrected chi connectivity index (χ0v) is 12.1. The highest BCUT2D eigenvalue weighted by atomic mass is 79.9. The number of halogens is 1. The molecule has 0 heterocycles. The topological polar surface area (TPSA) is 115 Å². The van der Waals surface area contributed by atoms with Crippen LogP contribution in [0, 0.1) is 0 Å². The predicted octanol–water partition coefficient (Wildman–Crippen LogP) is 0.996. The summed E-state index contributed by atoms with van der Waals surface area (Å²) >= 11 is 3.20. The van der Waals surface area contributed by atoms with Gasteiger partial charge in [-0.05, 0) is 32.0 Å². The van der Waals surface area contributed by atoms with Gasteiger partial charge in [0.25, 0.3) is 0 Å². The summed E-state index contributed by atoms with van der Waals surface area (Å²) in [5, 5.41) is 2.57. The first-order valence-corrected chi connectivity index (χ1v) is 6.15. The first-order valence-electron chi connectivity index (χ1n) is 5.36. The molecule has 1 aromatic rings. The van der Waals surface area contributed by atoms with Gasteiger partial charge in [-0.15, -0.1) is 0 Å². The van der Waals surface area contributed by atoms with Gasteiger partial charge in [0, 0.05) is 16.8 Å². The predicted molar refractivity (Wildman–Crippen MR) is 75.1 cm³/mol. The summed E-state index contributed by atoms with van der Waals surface area (Å²) in [4.78, 5) is 34.1. The van der Waals surface area contributed by atoms with E-state index in [1.807, 2.05) is 0 Å². The molecule has 0 aliphatic carbocycles. The van der Waals surface area contributed by atoms with Gasteiger partial charge >= 0.3 is 0 Å². The van der Waals surface area contributed by atoms with Gasteiger partial charge in [0.2, 0.25) is 17.7 Å². The summed E-state index contributed by atoms with van der Waals surface area (Å²) < 4.78 is -0.789. The molecule has 1 aromatic carbocycles. The largest absolute Gasteiger partial charge is 0.366 e. The monoisotopic (exact) mass is 327 g/mol. The number of hydrogen-bond donors (Lipinski definition) is 3. The molecule has 0 radical (unpaired) electrons. The van der Waals surface area contributed by atoms with Crippen LogP contribution in [0.3, 0.4) is 0 Å². The zero-order chi connectivity index (χ0) is 14.8. The van der Waals surface area contributed by atoms with Gasteiger partial charge < -0.3 is 16.8 Å². The van der Waals surface area contributed by atoms with Crippen LogP contribution in [-0.2, 0) is 4.79 Å². The van der Waals surface area contributed by atoms with Crippen molar-refractivity contribution in [2.24, 2.45) is 11.5 Å². The van der Waals surface area contributed by atoms with E-state index in [0.29, 0.717) is 0 Å². The Morgan fingerprint density at radius 1 is 1.05 bits per heavy atom. The van der Waals surface area contributed by atoms with Crippen molar-refractivity contribution in [3.05, 3.63) is 29.3 Å². The molecule has 0 spiro atoms. The van der Waals surface area contributed by atoms with Gasteiger partial charge in [0.15, 0.2) is 0 Å². The Morgan fingerprint density at radius 2 is 1.47 bits per heavy atom. The van der Waals surface area contributed by atoms with Crippen LogP contribution in [0.15, 0.2) is 18.2 Å². The van der Waals surface area contributed by atoms with Crippen molar-refractivity contribution >= 4 is 39.3 Å². The molecule has 3 amide bonds. The average molecular weight is 328 g/mol. The number of nitrogens with one attached hydrogen (secondary N) is 1. The lowest BCUT2D eigenvalue weighted by Gasteiger charge is -2.16. The molecule has 0 aliphatic heterocycles. The lowest BCUT2D eigenvalue weighted by Crippen LogP contribution is -2.31. The number of rotatable bonds is 4. The number of hydrogen-bond acceptors (Lipinski definition) is 3. The second kappa shape index (κ2) is 5.40. The molecule has 0 saturated carbocycles. The minimum absolute atomic E-state index is 0.0963. The van der Waals surface area contributed by atoms with E-state index in [-0.39, 0.29) is 22.7 Å². The van der Waals surface area contributed by atoms with Crippen molar-refractivity contribution in [3.8, 4) is 0 Å². The van der Waals surface area contributed by atoms with E-state index in [0.717, 1.165) is 0 Å². The third-order valence-corrected chi connectivity index (χ3v) is 2.66. The number of anilines is 1. The Morgan fingerprint density at radius 3 is 1.79 bits per heavy atom. The lowest BCUT2D eigenvalue weighted by atomic mass is 10.1. The van der Waals surface area contributed by atoms with Crippen molar-refractivity contribution in [2.45, 2.75) is 18.2 Å².